The molecule has 0 spiro atoms. The Bertz CT molecular complexity index is 577. The molecule has 1 unspecified atom stereocenters. The number of benzene rings is 1. The van der Waals surface area contributed by atoms with Crippen LogP contribution < -0.4 is 5.32 Å². The highest BCUT2D eigenvalue weighted by molar-refractivity contribution is 6.30. The Morgan fingerprint density at radius 1 is 1.30 bits per heavy atom. The van der Waals surface area contributed by atoms with Crippen molar-refractivity contribution in [3.8, 4) is 0 Å². The molecule has 0 aliphatic rings. The van der Waals surface area contributed by atoms with Crippen molar-refractivity contribution in [3.05, 3.63) is 58.5 Å². The number of aliphatic hydroxyl groups excluding tert-OH is 1. The SMILES string of the molecule is CCc1ccc(C(=O)NCC(O)c2ccc(Cl)cc2)o1. The summed E-state index contributed by atoms with van der Waals surface area (Å²) in [5.74, 6) is 0.677. The van der Waals surface area contributed by atoms with E-state index >= 15 is 0 Å². The maximum Gasteiger partial charge on any atom is 0.287 e. The largest absolute Gasteiger partial charge is 0.456 e. The standard InChI is InChI=1S/C15H16ClNO3/c1-2-12-7-8-14(20-12)15(19)17-9-13(18)10-3-5-11(16)6-4-10/h3-8,13,18H,2,9H2,1H3,(H,17,19). The van der Waals surface area contributed by atoms with Crippen LogP contribution in [0.5, 0.6) is 0 Å². The van der Waals surface area contributed by atoms with Crippen LogP contribution in [0.2, 0.25) is 5.02 Å². The van der Waals surface area contributed by atoms with E-state index in [1.807, 2.05) is 6.92 Å². The molecular formula is C15H16ClNO3. The lowest BCUT2D eigenvalue weighted by Crippen LogP contribution is -2.28. The van der Waals surface area contributed by atoms with Crippen LogP contribution >= 0.6 is 11.6 Å². The van der Waals surface area contributed by atoms with E-state index < -0.39 is 6.10 Å². The fourth-order valence-corrected chi connectivity index (χ4v) is 1.90. The lowest BCUT2D eigenvalue weighted by atomic mass is 10.1. The minimum atomic E-state index is -0.781. The van der Waals surface area contributed by atoms with Gasteiger partial charge in [0.15, 0.2) is 5.76 Å². The first-order valence-corrected chi connectivity index (χ1v) is 6.78. The van der Waals surface area contributed by atoms with Gasteiger partial charge in [-0.2, -0.15) is 0 Å². The van der Waals surface area contributed by atoms with Crippen LogP contribution in [0.15, 0.2) is 40.8 Å². The lowest BCUT2D eigenvalue weighted by Gasteiger charge is -2.11. The van der Waals surface area contributed by atoms with Crippen LogP contribution in [-0.4, -0.2) is 17.6 Å². The Labute approximate surface area is 122 Å². The second-order valence-corrected chi connectivity index (χ2v) is 4.83. The zero-order chi connectivity index (χ0) is 14.5. The molecule has 1 aromatic heterocycles. The summed E-state index contributed by atoms with van der Waals surface area (Å²) in [6, 6.07) is 10.2. The van der Waals surface area contributed by atoms with E-state index in [1.54, 1.807) is 36.4 Å². The van der Waals surface area contributed by atoms with Crippen LogP contribution in [0.25, 0.3) is 0 Å². The Morgan fingerprint density at radius 2 is 2.00 bits per heavy atom. The van der Waals surface area contributed by atoms with Gasteiger partial charge in [0.1, 0.15) is 5.76 Å². The van der Waals surface area contributed by atoms with Crippen LogP contribution in [0, 0.1) is 0 Å². The molecule has 1 atom stereocenters. The lowest BCUT2D eigenvalue weighted by molar-refractivity contribution is 0.0887. The van der Waals surface area contributed by atoms with Gasteiger partial charge in [-0.25, -0.2) is 0 Å². The summed E-state index contributed by atoms with van der Waals surface area (Å²) in [7, 11) is 0. The summed E-state index contributed by atoms with van der Waals surface area (Å²) in [5, 5.41) is 13.2. The van der Waals surface area contributed by atoms with Crippen molar-refractivity contribution in [1.82, 2.24) is 5.32 Å². The number of hydrogen-bond acceptors (Lipinski definition) is 3. The van der Waals surface area contributed by atoms with E-state index in [4.69, 9.17) is 16.0 Å². The normalized spacial score (nSPS) is 12.2. The number of aryl methyl sites for hydroxylation is 1. The summed E-state index contributed by atoms with van der Waals surface area (Å²) >= 11 is 5.78. The average molecular weight is 294 g/mol. The molecule has 0 aliphatic heterocycles. The monoisotopic (exact) mass is 293 g/mol. The van der Waals surface area contributed by atoms with Gasteiger partial charge in [0.05, 0.1) is 6.10 Å². The molecule has 20 heavy (non-hydrogen) atoms. The first-order valence-electron chi connectivity index (χ1n) is 6.40. The second kappa shape index (κ2) is 6.59. The number of carbonyl (C=O) groups excluding carboxylic acids is 1. The van der Waals surface area contributed by atoms with E-state index in [-0.39, 0.29) is 18.2 Å². The molecule has 1 aromatic carbocycles. The van der Waals surface area contributed by atoms with Gasteiger partial charge in [0.2, 0.25) is 0 Å². The van der Waals surface area contributed by atoms with E-state index in [9.17, 15) is 9.90 Å². The quantitative estimate of drug-likeness (QED) is 0.891. The third kappa shape index (κ3) is 3.62. The summed E-state index contributed by atoms with van der Waals surface area (Å²) < 4.78 is 5.34. The molecule has 4 nitrogen and oxygen atoms in total. The van der Waals surface area contributed by atoms with Crippen LogP contribution in [0.3, 0.4) is 0 Å². The predicted molar refractivity (Wildman–Crippen MR) is 76.8 cm³/mol. The molecule has 1 heterocycles. The fraction of sp³-hybridized carbons (Fsp3) is 0.267. The van der Waals surface area contributed by atoms with Crippen LogP contribution in [0.1, 0.15) is 34.9 Å². The molecule has 0 saturated carbocycles. The molecule has 2 rings (SSSR count). The van der Waals surface area contributed by atoms with Gasteiger partial charge in [-0.05, 0) is 29.8 Å². The third-order valence-corrected chi connectivity index (χ3v) is 3.20. The van der Waals surface area contributed by atoms with Crippen molar-refractivity contribution in [2.24, 2.45) is 0 Å². The molecule has 0 radical (unpaired) electrons. The smallest absolute Gasteiger partial charge is 0.287 e. The summed E-state index contributed by atoms with van der Waals surface area (Å²) in [6.45, 7) is 2.06. The maximum absolute atomic E-state index is 11.8. The second-order valence-electron chi connectivity index (χ2n) is 4.40. The molecule has 0 bridgehead atoms. The van der Waals surface area contributed by atoms with Crippen molar-refractivity contribution >= 4 is 17.5 Å². The summed E-state index contributed by atoms with van der Waals surface area (Å²) in [6.07, 6.45) is -0.0439. The van der Waals surface area contributed by atoms with Crippen LogP contribution in [0.4, 0.5) is 0 Å². The molecule has 2 N–H and O–H groups in total. The molecular weight excluding hydrogens is 278 g/mol. The van der Waals surface area contributed by atoms with Gasteiger partial charge >= 0.3 is 0 Å². The fourth-order valence-electron chi connectivity index (χ4n) is 1.77. The number of amides is 1. The van der Waals surface area contributed by atoms with Crippen molar-refractivity contribution in [2.75, 3.05) is 6.54 Å². The van der Waals surface area contributed by atoms with Crippen molar-refractivity contribution in [2.45, 2.75) is 19.4 Å². The molecule has 0 aliphatic carbocycles. The van der Waals surface area contributed by atoms with E-state index in [2.05, 4.69) is 5.32 Å². The molecule has 1 amide bonds. The highest BCUT2D eigenvalue weighted by Gasteiger charge is 2.13. The Kier molecular flexibility index (Phi) is 4.82. The van der Waals surface area contributed by atoms with Gasteiger partial charge in [-0.1, -0.05) is 30.7 Å². The Balaban J connectivity index is 1.91. The number of carbonyl (C=O) groups is 1. The number of halogens is 1. The average Bonchev–Trinajstić information content (AvgIpc) is 2.94. The number of rotatable bonds is 5. The van der Waals surface area contributed by atoms with E-state index in [0.717, 1.165) is 12.2 Å². The summed E-state index contributed by atoms with van der Waals surface area (Å²) in [4.78, 5) is 11.8. The van der Waals surface area contributed by atoms with Gasteiger partial charge < -0.3 is 14.8 Å². The maximum atomic E-state index is 11.8. The zero-order valence-electron chi connectivity index (χ0n) is 11.1. The number of furan rings is 1. The van der Waals surface area contributed by atoms with Gasteiger partial charge in [-0.3, -0.25) is 4.79 Å². The molecule has 0 fully saturated rings. The van der Waals surface area contributed by atoms with E-state index in [1.165, 1.54) is 0 Å². The zero-order valence-corrected chi connectivity index (χ0v) is 11.9. The van der Waals surface area contributed by atoms with Crippen molar-refractivity contribution in [3.63, 3.8) is 0 Å². The number of hydrogen-bond donors (Lipinski definition) is 2. The van der Waals surface area contributed by atoms with Crippen molar-refractivity contribution < 1.29 is 14.3 Å². The van der Waals surface area contributed by atoms with Crippen LogP contribution in [-0.2, 0) is 6.42 Å². The van der Waals surface area contributed by atoms with E-state index in [0.29, 0.717) is 10.6 Å². The third-order valence-electron chi connectivity index (χ3n) is 2.94. The molecule has 5 heteroatoms. The molecule has 106 valence electrons. The number of aliphatic hydroxyl groups is 1. The first kappa shape index (κ1) is 14.6. The molecule has 2 aromatic rings. The van der Waals surface area contributed by atoms with Gasteiger partial charge in [0.25, 0.3) is 5.91 Å². The molecule has 0 saturated heterocycles. The summed E-state index contributed by atoms with van der Waals surface area (Å²) in [5.41, 5.74) is 0.698. The number of nitrogens with one attached hydrogen (secondary N) is 1. The minimum absolute atomic E-state index is 0.114. The predicted octanol–water partition coefficient (Wildman–Crippen LogP) is 2.96. The van der Waals surface area contributed by atoms with Gasteiger partial charge in [0, 0.05) is 18.0 Å². The van der Waals surface area contributed by atoms with Gasteiger partial charge in [-0.15, -0.1) is 0 Å². The van der Waals surface area contributed by atoms with Crippen molar-refractivity contribution in [1.29, 1.82) is 0 Å². The highest BCUT2D eigenvalue weighted by atomic mass is 35.5. The topological polar surface area (TPSA) is 62.5 Å². The highest BCUT2D eigenvalue weighted by Crippen LogP contribution is 2.16. The first-order chi connectivity index (χ1) is 9.60. The Hall–Kier alpha value is -1.78. The minimum Gasteiger partial charge on any atom is -0.456 e. The Morgan fingerprint density at radius 3 is 2.60 bits per heavy atom.